The normalized spacial score (nSPS) is 13.5. The molecule has 2 N–H and O–H groups in total. The van der Waals surface area contributed by atoms with Crippen molar-refractivity contribution >= 4 is 34.6 Å². The number of carbonyl (C=O) groups is 1. The van der Waals surface area contributed by atoms with Crippen LogP contribution in [0.4, 0.5) is 17.1 Å². The maximum Gasteiger partial charge on any atom is 0.243 e. The van der Waals surface area contributed by atoms with Crippen LogP contribution in [0.5, 0.6) is 11.5 Å². The molecule has 160 valence electrons. The lowest BCUT2D eigenvalue weighted by atomic mass is 10.2. The fourth-order valence-electron chi connectivity index (χ4n) is 3.31. The molecule has 7 heteroatoms. The van der Waals surface area contributed by atoms with Crippen LogP contribution in [0.2, 0.25) is 5.02 Å². The van der Waals surface area contributed by atoms with E-state index in [9.17, 15) is 4.79 Å². The van der Waals surface area contributed by atoms with Crippen molar-refractivity contribution in [3.8, 4) is 11.5 Å². The monoisotopic (exact) mass is 437 g/mol. The molecule has 0 bridgehead atoms. The summed E-state index contributed by atoms with van der Waals surface area (Å²) in [6, 6.07) is 22.6. The number of halogens is 1. The Kier molecular flexibility index (Phi) is 6.92. The lowest BCUT2D eigenvalue weighted by molar-refractivity contribution is -0.114. The summed E-state index contributed by atoms with van der Waals surface area (Å²) in [7, 11) is 0. The van der Waals surface area contributed by atoms with E-state index in [2.05, 4.69) is 15.5 Å². The average Bonchev–Trinajstić information content (AvgIpc) is 2.81. The molecule has 0 radical (unpaired) electrons. The number of benzene rings is 3. The van der Waals surface area contributed by atoms with Crippen molar-refractivity contribution in [3.63, 3.8) is 0 Å². The first-order valence-corrected chi connectivity index (χ1v) is 10.5. The Balaban J connectivity index is 1.33. The average molecular weight is 438 g/mol. The molecule has 6 nitrogen and oxygen atoms in total. The molecule has 1 aliphatic rings. The van der Waals surface area contributed by atoms with E-state index in [1.54, 1.807) is 12.1 Å². The summed E-state index contributed by atoms with van der Waals surface area (Å²) in [5.74, 6) is 1.01. The molecule has 0 saturated carbocycles. The van der Waals surface area contributed by atoms with E-state index in [0.29, 0.717) is 22.2 Å². The van der Waals surface area contributed by atoms with Gasteiger partial charge >= 0.3 is 0 Å². The first-order chi connectivity index (χ1) is 15.2. The number of nitrogens with zero attached hydrogens (tertiary/aromatic N) is 1. The summed E-state index contributed by atoms with van der Waals surface area (Å²) in [5.41, 5.74) is 2.59. The Morgan fingerprint density at radius 3 is 2.35 bits per heavy atom. The zero-order valence-electron chi connectivity index (χ0n) is 17.0. The van der Waals surface area contributed by atoms with E-state index in [0.717, 1.165) is 37.7 Å². The van der Waals surface area contributed by atoms with E-state index in [-0.39, 0.29) is 12.5 Å². The molecule has 1 amide bonds. The fraction of sp³-hybridized carbons (Fsp3) is 0.208. The third kappa shape index (κ3) is 5.69. The van der Waals surface area contributed by atoms with Gasteiger partial charge in [0.25, 0.3) is 0 Å². The molecule has 4 rings (SSSR count). The van der Waals surface area contributed by atoms with Crippen LogP contribution in [0.25, 0.3) is 0 Å². The molecular formula is C24H24ClN3O3. The molecule has 0 atom stereocenters. The zero-order chi connectivity index (χ0) is 21.5. The number of morpholine rings is 1. The van der Waals surface area contributed by atoms with Crippen molar-refractivity contribution in [2.24, 2.45) is 0 Å². The van der Waals surface area contributed by atoms with Crippen molar-refractivity contribution in [3.05, 3.63) is 77.8 Å². The summed E-state index contributed by atoms with van der Waals surface area (Å²) in [4.78, 5) is 14.7. The topological polar surface area (TPSA) is 62.8 Å². The lowest BCUT2D eigenvalue weighted by Gasteiger charge is -2.28. The maximum absolute atomic E-state index is 12.4. The number of anilines is 3. The molecule has 1 fully saturated rings. The molecule has 3 aromatic carbocycles. The van der Waals surface area contributed by atoms with Gasteiger partial charge in [-0.25, -0.2) is 0 Å². The van der Waals surface area contributed by atoms with Crippen LogP contribution in [-0.2, 0) is 9.53 Å². The second kappa shape index (κ2) is 10.2. The number of ether oxygens (including phenoxy) is 2. The minimum atomic E-state index is -0.147. The van der Waals surface area contributed by atoms with Crippen LogP contribution < -0.4 is 20.3 Å². The second-order valence-corrected chi connectivity index (χ2v) is 7.48. The lowest BCUT2D eigenvalue weighted by Crippen LogP contribution is -2.36. The number of amides is 1. The third-order valence-corrected chi connectivity index (χ3v) is 5.22. The Morgan fingerprint density at radius 2 is 1.61 bits per heavy atom. The molecule has 0 spiro atoms. The van der Waals surface area contributed by atoms with Crippen LogP contribution in [0.3, 0.4) is 0 Å². The van der Waals surface area contributed by atoms with Gasteiger partial charge in [-0.05, 0) is 48.5 Å². The van der Waals surface area contributed by atoms with Crippen molar-refractivity contribution in [2.75, 3.05) is 48.4 Å². The van der Waals surface area contributed by atoms with E-state index in [1.165, 1.54) is 0 Å². The van der Waals surface area contributed by atoms with Gasteiger partial charge in [-0.1, -0.05) is 35.9 Å². The number of rotatable bonds is 7. The van der Waals surface area contributed by atoms with E-state index in [4.69, 9.17) is 21.1 Å². The fourth-order valence-corrected chi connectivity index (χ4v) is 3.48. The molecule has 0 unspecified atom stereocenters. The van der Waals surface area contributed by atoms with Crippen LogP contribution >= 0.6 is 11.6 Å². The molecule has 1 saturated heterocycles. The summed E-state index contributed by atoms with van der Waals surface area (Å²) in [6.07, 6.45) is 0. The molecular weight excluding hydrogens is 414 g/mol. The number of para-hydroxylation sites is 3. The summed E-state index contributed by atoms with van der Waals surface area (Å²) in [5, 5.41) is 6.57. The van der Waals surface area contributed by atoms with Gasteiger partial charge in [0, 0.05) is 24.5 Å². The molecule has 0 aliphatic carbocycles. The van der Waals surface area contributed by atoms with Crippen LogP contribution in [0.1, 0.15) is 0 Å². The predicted octanol–water partition coefficient (Wildman–Crippen LogP) is 5.02. The predicted molar refractivity (Wildman–Crippen MR) is 125 cm³/mol. The largest absolute Gasteiger partial charge is 0.454 e. The van der Waals surface area contributed by atoms with Gasteiger partial charge in [0.05, 0.1) is 30.5 Å². The number of carbonyl (C=O) groups excluding carboxylic acids is 1. The Hall–Kier alpha value is -3.22. The van der Waals surface area contributed by atoms with Gasteiger partial charge in [-0.2, -0.15) is 0 Å². The number of hydrogen-bond donors (Lipinski definition) is 2. The van der Waals surface area contributed by atoms with Gasteiger partial charge in [-0.3, -0.25) is 4.79 Å². The summed E-state index contributed by atoms with van der Waals surface area (Å²) >= 11 is 6.19. The smallest absolute Gasteiger partial charge is 0.243 e. The van der Waals surface area contributed by atoms with Crippen molar-refractivity contribution in [1.29, 1.82) is 0 Å². The minimum absolute atomic E-state index is 0.105. The molecule has 3 aromatic rings. The SMILES string of the molecule is O=C(CNc1ccccc1Oc1ccccc1Cl)Nc1ccc(N2CCOCC2)cc1. The van der Waals surface area contributed by atoms with Crippen LogP contribution in [0.15, 0.2) is 72.8 Å². The van der Waals surface area contributed by atoms with Gasteiger partial charge < -0.3 is 25.0 Å². The highest BCUT2D eigenvalue weighted by Crippen LogP contribution is 2.33. The highest BCUT2D eigenvalue weighted by molar-refractivity contribution is 6.32. The Morgan fingerprint density at radius 1 is 0.935 bits per heavy atom. The van der Waals surface area contributed by atoms with E-state index < -0.39 is 0 Å². The van der Waals surface area contributed by atoms with Gasteiger partial charge in [0.2, 0.25) is 5.91 Å². The van der Waals surface area contributed by atoms with Crippen molar-refractivity contribution in [1.82, 2.24) is 0 Å². The molecule has 1 heterocycles. The zero-order valence-corrected chi connectivity index (χ0v) is 17.8. The molecule has 0 aromatic heterocycles. The standard InChI is InChI=1S/C24H24ClN3O3/c25-20-5-1-3-7-22(20)31-23-8-4-2-6-21(23)26-17-24(29)27-18-9-11-19(12-10-18)28-13-15-30-16-14-28/h1-12,26H,13-17H2,(H,27,29). The Bertz CT molecular complexity index is 1020. The van der Waals surface area contributed by atoms with Crippen LogP contribution in [-0.4, -0.2) is 38.8 Å². The molecule has 1 aliphatic heterocycles. The first kappa shape index (κ1) is 21.0. The molecule has 31 heavy (non-hydrogen) atoms. The van der Waals surface area contributed by atoms with Gasteiger partial charge in [0.15, 0.2) is 5.75 Å². The highest BCUT2D eigenvalue weighted by Gasteiger charge is 2.12. The van der Waals surface area contributed by atoms with Crippen molar-refractivity contribution in [2.45, 2.75) is 0 Å². The minimum Gasteiger partial charge on any atom is -0.454 e. The summed E-state index contributed by atoms with van der Waals surface area (Å²) in [6.45, 7) is 3.35. The number of hydrogen-bond acceptors (Lipinski definition) is 5. The third-order valence-electron chi connectivity index (χ3n) is 4.91. The van der Waals surface area contributed by atoms with Gasteiger partial charge in [-0.15, -0.1) is 0 Å². The quantitative estimate of drug-likeness (QED) is 0.543. The summed E-state index contributed by atoms with van der Waals surface area (Å²) < 4.78 is 11.3. The Labute approximate surface area is 186 Å². The van der Waals surface area contributed by atoms with E-state index in [1.807, 2.05) is 60.7 Å². The maximum atomic E-state index is 12.4. The second-order valence-electron chi connectivity index (χ2n) is 7.08. The highest BCUT2D eigenvalue weighted by atomic mass is 35.5. The van der Waals surface area contributed by atoms with Crippen molar-refractivity contribution < 1.29 is 14.3 Å². The number of nitrogens with one attached hydrogen (secondary N) is 2. The first-order valence-electron chi connectivity index (χ1n) is 10.2. The van der Waals surface area contributed by atoms with Gasteiger partial charge in [0.1, 0.15) is 5.75 Å². The van der Waals surface area contributed by atoms with Crippen LogP contribution in [0, 0.1) is 0 Å². The van der Waals surface area contributed by atoms with E-state index >= 15 is 0 Å².